The Bertz CT molecular complexity index is 527. The maximum Gasteiger partial charge on any atom is 0.255 e. The van der Waals surface area contributed by atoms with Gasteiger partial charge in [-0.05, 0) is 56.3 Å². The maximum atomic E-state index is 13.1. The van der Waals surface area contributed by atoms with Crippen molar-refractivity contribution >= 4 is 29.9 Å². The number of carbonyl (C=O) groups is 1. The Balaban J connectivity index is 0.00000176. The van der Waals surface area contributed by atoms with Gasteiger partial charge in [-0.2, -0.15) is 0 Å². The lowest BCUT2D eigenvalue weighted by Crippen LogP contribution is -2.43. The van der Waals surface area contributed by atoms with E-state index in [0.29, 0.717) is 17.5 Å². The monoisotopic (exact) mass is 346 g/mol. The van der Waals surface area contributed by atoms with Crippen LogP contribution in [0.1, 0.15) is 36.0 Å². The molecule has 0 radical (unpaired) electrons. The van der Waals surface area contributed by atoms with E-state index in [1.807, 2.05) is 4.90 Å². The lowest BCUT2D eigenvalue weighted by molar-refractivity contribution is 0.0674. The van der Waals surface area contributed by atoms with Gasteiger partial charge in [0, 0.05) is 19.1 Å². The number of rotatable bonds is 2. The lowest BCUT2D eigenvalue weighted by Gasteiger charge is -2.35. The fourth-order valence-corrected chi connectivity index (χ4v) is 3.70. The number of nitrogens with zero attached hydrogens (tertiary/aromatic N) is 1. The normalized spacial score (nSPS) is 22.5. The molecule has 2 fully saturated rings. The molecule has 3 rings (SSSR count). The van der Waals surface area contributed by atoms with Crippen molar-refractivity contribution in [2.24, 2.45) is 5.92 Å². The molecule has 122 valence electrons. The summed E-state index contributed by atoms with van der Waals surface area (Å²) >= 11 is 5.98. The molecule has 2 saturated heterocycles. The summed E-state index contributed by atoms with van der Waals surface area (Å²) in [5.74, 6) is 0.167. The number of amides is 1. The van der Waals surface area contributed by atoms with Crippen molar-refractivity contribution in [1.29, 1.82) is 0 Å². The van der Waals surface area contributed by atoms with Crippen LogP contribution in [-0.2, 0) is 0 Å². The summed E-state index contributed by atoms with van der Waals surface area (Å²) in [6.45, 7) is 2.64. The Labute approximate surface area is 141 Å². The predicted molar refractivity (Wildman–Crippen MR) is 88.3 cm³/mol. The Morgan fingerprint density at radius 3 is 2.59 bits per heavy atom. The Morgan fingerprint density at radius 2 is 2.00 bits per heavy atom. The molecule has 0 aliphatic carbocycles. The van der Waals surface area contributed by atoms with Crippen molar-refractivity contribution < 1.29 is 9.18 Å². The first-order valence-corrected chi connectivity index (χ1v) is 8.00. The highest BCUT2D eigenvalue weighted by atomic mass is 35.5. The third-order valence-corrected chi connectivity index (χ3v) is 4.97. The van der Waals surface area contributed by atoms with E-state index in [-0.39, 0.29) is 23.3 Å². The van der Waals surface area contributed by atoms with E-state index >= 15 is 0 Å². The van der Waals surface area contributed by atoms with Crippen LogP contribution in [0, 0.1) is 11.7 Å². The average Bonchev–Trinajstić information content (AvgIpc) is 3.01. The van der Waals surface area contributed by atoms with Crippen LogP contribution in [0.3, 0.4) is 0 Å². The molecule has 2 heterocycles. The van der Waals surface area contributed by atoms with E-state index in [1.54, 1.807) is 0 Å². The van der Waals surface area contributed by atoms with Crippen LogP contribution in [0.15, 0.2) is 18.2 Å². The zero-order valence-corrected chi connectivity index (χ0v) is 13.9. The van der Waals surface area contributed by atoms with E-state index in [2.05, 4.69) is 5.32 Å². The Morgan fingerprint density at radius 1 is 1.27 bits per heavy atom. The fourth-order valence-electron chi connectivity index (χ4n) is 3.45. The maximum absolute atomic E-state index is 13.1. The molecule has 0 bridgehead atoms. The Hall–Kier alpha value is -0.840. The minimum absolute atomic E-state index is 0. The van der Waals surface area contributed by atoms with Crippen molar-refractivity contribution in [1.82, 2.24) is 10.2 Å². The number of carbonyl (C=O) groups excluding carboxylic acids is 1. The van der Waals surface area contributed by atoms with Gasteiger partial charge < -0.3 is 10.2 Å². The number of benzene rings is 1. The highest BCUT2D eigenvalue weighted by Crippen LogP contribution is 2.27. The molecular weight excluding hydrogens is 326 g/mol. The zero-order valence-electron chi connectivity index (χ0n) is 12.4. The highest BCUT2D eigenvalue weighted by molar-refractivity contribution is 6.33. The Kier molecular flexibility index (Phi) is 6.07. The van der Waals surface area contributed by atoms with Gasteiger partial charge in [0.15, 0.2) is 0 Å². The van der Waals surface area contributed by atoms with Gasteiger partial charge in [-0.15, -0.1) is 12.4 Å². The molecule has 0 saturated carbocycles. The van der Waals surface area contributed by atoms with Crippen LogP contribution in [0.25, 0.3) is 0 Å². The number of nitrogens with one attached hydrogen (secondary N) is 1. The van der Waals surface area contributed by atoms with Crippen molar-refractivity contribution in [3.63, 3.8) is 0 Å². The van der Waals surface area contributed by atoms with Gasteiger partial charge >= 0.3 is 0 Å². The van der Waals surface area contributed by atoms with Gasteiger partial charge in [0.25, 0.3) is 5.91 Å². The summed E-state index contributed by atoms with van der Waals surface area (Å²) in [5.41, 5.74) is 0.399. The topological polar surface area (TPSA) is 32.3 Å². The van der Waals surface area contributed by atoms with Crippen LogP contribution in [0.2, 0.25) is 5.02 Å². The van der Waals surface area contributed by atoms with Gasteiger partial charge in [0.2, 0.25) is 0 Å². The van der Waals surface area contributed by atoms with Crippen molar-refractivity contribution in [3.8, 4) is 0 Å². The molecule has 1 aromatic rings. The van der Waals surface area contributed by atoms with Gasteiger partial charge in [-0.25, -0.2) is 4.39 Å². The molecule has 1 unspecified atom stereocenters. The number of likely N-dealkylation sites (tertiary alicyclic amines) is 1. The van der Waals surface area contributed by atoms with Crippen LogP contribution in [0.4, 0.5) is 4.39 Å². The van der Waals surface area contributed by atoms with E-state index in [9.17, 15) is 9.18 Å². The number of hydrogen-bond acceptors (Lipinski definition) is 2. The highest BCUT2D eigenvalue weighted by Gasteiger charge is 2.30. The second-order valence-electron chi connectivity index (χ2n) is 5.96. The minimum Gasteiger partial charge on any atom is -0.339 e. The van der Waals surface area contributed by atoms with Crippen molar-refractivity contribution in [2.45, 2.75) is 31.7 Å². The lowest BCUT2D eigenvalue weighted by atomic mass is 9.88. The molecule has 1 amide bonds. The summed E-state index contributed by atoms with van der Waals surface area (Å²) in [6, 6.07) is 4.58. The van der Waals surface area contributed by atoms with Gasteiger partial charge in [0.05, 0.1) is 10.6 Å². The second kappa shape index (κ2) is 7.62. The first-order chi connectivity index (χ1) is 10.1. The van der Waals surface area contributed by atoms with Gasteiger partial charge in [0.1, 0.15) is 5.82 Å². The quantitative estimate of drug-likeness (QED) is 0.888. The molecule has 3 nitrogen and oxygen atoms in total. The molecular formula is C16H21Cl2FN2O. The number of halogens is 3. The van der Waals surface area contributed by atoms with E-state index in [0.717, 1.165) is 32.5 Å². The SMILES string of the molecule is Cl.O=C(c1ccc(F)cc1Cl)N1CCC(C2CCCN2)CC1. The van der Waals surface area contributed by atoms with Crippen LogP contribution < -0.4 is 5.32 Å². The average molecular weight is 347 g/mol. The molecule has 1 atom stereocenters. The van der Waals surface area contributed by atoms with Gasteiger partial charge in [-0.3, -0.25) is 4.79 Å². The third-order valence-electron chi connectivity index (χ3n) is 4.66. The van der Waals surface area contributed by atoms with Crippen LogP contribution in [-0.4, -0.2) is 36.5 Å². The van der Waals surface area contributed by atoms with E-state index in [1.165, 1.54) is 31.0 Å². The molecule has 2 aliphatic rings. The minimum atomic E-state index is -0.414. The molecule has 2 aliphatic heterocycles. The van der Waals surface area contributed by atoms with Crippen molar-refractivity contribution in [3.05, 3.63) is 34.6 Å². The predicted octanol–water partition coefficient (Wildman–Crippen LogP) is 3.51. The standard InChI is InChI=1S/C16H20ClFN2O.ClH/c17-14-10-12(18)3-4-13(14)16(21)20-8-5-11(6-9-20)15-2-1-7-19-15;/h3-4,10-11,15,19H,1-2,5-9H2;1H. The summed E-state index contributed by atoms with van der Waals surface area (Å²) in [5, 5.41) is 3.75. The van der Waals surface area contributed by atoms with Crippen LogP contribution >= 0.6 is 24.0 Å². The molecule has 6 heteroatoms. The number of piperidine rings is 1. The molecule has 0 aromatic heterocycles. The van der Waals surface area contributed by atoms with Crippen molar-refractivity contribution in [2.75, 3.05) is 19.6 Å². The smallest absolute Gasteiger partial charge is 0.255 e. The first-order valence-electron chi connectivity index (χ1n) is 7.63. The largest absolute Gasteiger partial charge is 0.339 e. The van der Waals surface area contributed by atoms with Crippen LogP contribution in [0.5, 0.6) is 0 Å². The fraction of sp³-hybridized carbons (Fsp3) is 0.562. The molecule has 1 N–H and O–H groups in total. The molecule has 22 heavy (non-hydrogen) atoms. The second-order valence-corrected chi connectivity index (χ2v) is 6.36. The summed E-state index contributed by atoms with van der Waals surface area (Å²) in [4.78, 5) is 14.3. The third kappa shape index (κ3) is 3.73. The number of hydrogen-bond donors (Lipinski definition) is 1. The first kappa shape index (κ1) is 17.5. The molecule has 0 spiro atoms. The zero-order chi connectivity index (χ0) is 14.8. The van der Waals surface area contributed by atoms with E-state index in [4.69, 9.17) is 11.6 Å². The summed E-state index contributed by atoms with van der Waals surface area (Å²) in [7, 11) is 0. The van der Waals surface area contributed by atoms with Gasteiger partial charge in [-0.1, -0.05) is 11.6 Å². The summed E-state index contributed by atoms with van der Waals surface area (Å²) in [6.07, 6.45) is 4.57. The molecule has 1 aromatic carbocycles. The van der Waals surface area contributed by atoms with E-state index < -0.39 is 5.82 Å². The summed E-state index contributed by atoms with van der Waals surface area (Å²) < 4.78 is 13.1.